The Balaban J connectivity index is 1.85. The molecule has 1 saturated carbocycles. The lowest BCUT2D eigenvalue weighted by molar-refractivity contribution is 0.364. The second-order valence-electron chi connectivity index (χ2n) is 4.35. The number of benzene rings is 1. The molecule has 4 N–H and O–H groups in total. The standard InChI is InChI=1S/C12H17NO3/c14-10-4-3-9(11(15)12(10)16)7-13-6-5-8-1-2-8/h3-4,8,13-16H,1-2,5-7H2. The molecule has 0 aliphatic heterocycles. The minimum absolute atomic E-state index is 0.237. The molecule has 0 unspecified atom stereocenters. The monoisotopic (exact) mass is 223 g/mol. The highest BCUT2D eigenvalue weighted by atomic mass is 16.3. The number of phenols is 3. The number of hydrogen-bond donors (Lipinski definition) is 4. The molecule has 0 atom stereocenters. The average molecular weight is 223 g/mol. The Morgan fingerprint density at radius 2 is 1.88 bits per heavy atom. The second kappa shape index (κ2) is 4.61. The molecule has 4 heteroatoms. The van der Waals surface area contributed by atoms with Crippen LogP contribution in [0.5, 0.6) is 17.2 Å². The van der Waals surface area contributed by atoms with Crippen LogP contribution in [0.3, 0.4) is 0 Å². The highest BCUT2D eigenvalue weighted by molar-refractivity contribution is 5.52. The van der Waals surface area contributed by atoms with Gasteiger partial charge in [-0.25, -0.2) is 0 Å². The first-order valence-corrected chi connectivity index (χ1v) is 5.62. The lowest BCUT2D eigenvalue weighted by atomic mass is 10.1. The lowest BCUT2D eigenvalue weighted by Gasteiger charge is -2.08. The first-order valence-electron chi connectivity index (χ1n) is 5.62. The Bertz CT molecular complexity index is 375. The topological polar surface area (TPSA) is 72.7 Å². The Morgan fingerprint density at radius 3 is 2.56 bits per heavy atom. The quantitative estimate of drug-likeness (QED) is 0.453. The van der Waals surface area contributed by atoms with Gasteiger partial charge in [0.2, 0.25) is 5.75 Å². The summed E-state index contributed by atoms with van der Waals surface area (Å²) in [7, 11) is 0. The molecule has 1 fully saturated rings. The van der Waals surface area contributed by atoms with E-state index in [2.05, 4.69) is 5.32 Å². The molecule has 2 rings (SSSR count). The van der Waals surface area contributed by atoms with Gasteiger partial charge in [-0.15, -0.1) is 0 Å². The van der Waals surface area contributed by atoms with E-state index in [-0.39, 0.29) is 11.5 Å². The van der Waals surface area contributed by atoms with Gasteiger partial charge in [0, 0.05) is 12.1 Å². The summed E-state index contributed by atoms with van der Waals surface area (Å²) < 4.78 is 0. The summed E-state index contributed by atoms with van der Waals surface area (Å²) in [6.07, 6.45) is 3.85. The van der Waals surface area contributed by atoms with Crippen LogP contribution in [0.2, 0.25) is 0 Å². The SMILES string of the molecule is Oc1ccc(CNCCC2CC2)c(O)c1O. The zero-order chi connectivity index (χ0) is 11.5. The molecule has 0 heterocycles. The van der Waals surface area contributed by atoms with Gasteiger partial charge < -0.3 is 20.6 Å². The van der Waals surface area contributed by atoms with Gasteiger partial charge >= 0.3 is 0 Å². The van der Waals surface area contributed by atoms with E-state index < -0.39 is 5.75 Å². The largest absolute Gasteiger partial charge is 0.504 e. The van der Waals surface area contributed by atoms with Crippen LogP contribution >= 0.6 is 0 Å². The van der Waals surface area contributed by atoms with Crippen LogP contribution in [0.4, 0.5) is 0 Å². The van der Waals surface area contributed by atoms with E-state index in [0.717, 1.165) is 12.5 Å². The smallest absolute Gasteiger partial charge is 0.200 e. The maximum Gasteiger partial charge on any atom is 0.200 e. The normalized spacial score (nSPS) is 15.2. The first kappa shape index (κ1) is 11.1. The van der Waals surface area contributed by atoms with Crippen LogP contribution < -0.4 is 5.32 Å². The van der Waals surface area contributed by atoms with Crippen LogP contribution in [0.1, 0.15) is 24.8 Å². The van der Waals surface area contributed by atoms with Gasteiger partial charge in [0.1, 0.15) is 0 Å². The van der Waals surface area contributed by atoms with Crippen LogP contribution in [0.15, 0.2) is 12.1 Å². The molecule has 0 spiro atoms. The minimum atomic E-state index is -0.443. The molecule has 4 nitrogen and oxygen atoms in total. The Morgan fingerprint density at radius 1 is 1.12 bits per heavy atom. The van der Waals surface area contributed by atoms with Crippen LogP contribution in [-0.4, -0.2) is 21.9 Å². The number of hydrogen-bond acceptors (Lipinski definition) is 4. The number of nitrogens with one attached hydrogen (secondary N) is 1. The Labute approximate surface area is 94.5 Å². The van der Waals surface area contributed by atoms with Crippen molar-refractivity contribution in [3.8, 4) is 17.2 Å². The predicted octanol–water partition coefficient (Wildman–Crippen LogP) is 1.69. The predicted molar refractivity (Wildman–Crippen MR) is 60.5 cm³/mol. The van der Waals surface area contributed by atoms with Crippen molar-refractivity contribution >= 4 is 0 Å². The summed E-state index contributed by atoms with van der Waals surface area (Å²) in [6.45, 7) is 1.43. The maximum absolute atomic E-state index is 9.55. The fourth-order valence-electron chi connectivity index (χ4n) is 1.69. The van der Waals surface area contributed by atoms with Gasteiger partial charge in [-0.3, -0.25) is 0 Å². The highest BCUT2D eigenvalue weighted by Crippen LogP contribution is 2.37. The van der Waals surface area contributed by atoms with E-state index >= 15 is 0 Å². The summed E-state index contributed by atoms with van der Waals surface area (Å²) in [5.41, 5.74) is 0.603. The van der Waals surface area contributed by atoms with Crippen molar-refractivity contribution in [2.75, 3.05) is 6.54 Å². The summed E-state index contributed by atoms with van der Waals surface area (Å²) in [4.78, 5) is 0. The zero-order valence-electron chi connectivity index (χ0n) is 9.11. The molecule has 16 heavy (non-hydrogen) atoms. The third kappa shape index (κ3) is 2.58. The van der Waals surface area contributed by atoms with Gasteiger partial charge in [0.15, 0.2) is 11.5 Å². The Kier molecular flexibility index (Phi) is 3.19. The molecule has 1 aromatic carbocycles. The van der Waals surface area contributed by atoms with Crippen molar-refractivity contribution < 1.29 is 15.3 Å². The van der Waals surface area contributed by atoms with Crippen LogP contribution in [0.25, 0.3) is 0 Å². The molecule has 1 aliphatic rings. The van der Waals surface area contributed by atoms with Crippen molar-refractivity contribution in [3.05, 3.63) is 17.7 Å². The molecule has 0 saturated heterocycles. The van der Waals surface area contributed by atoms with E-state index in [1.165, 1.54) is 25.3 Å². The van der Waals surface area contributed by atoms with Crippen LogP contribution in [0, 0.1) is 5.92 Å². The third-order valence-electron chi connectivity index (χ3n) is 2.96. The fraction of sp³-hybridized carbons (Fsp3) is 0.500. The maximum atomic E-state index is 9.55. The number of aromatic hydroxyl groups is 3. The number of phenolic OH excluding ortho intramolecular Hbond substituents is 3. The van der Waals surface area contributed by atoms with Crippen LogP contribution in [-0.2, 0) is 6.54 Å². The molecule has 0 aromatic heterocycles. The third-order valence-corrected chi connectivity index (χ3v) is 2.96. The lowest BCUT2D eigenvalue weighted by Crippen LogP contribution is -2.15. The highest BCUT2D eigenvalue weighted by Gasteiger charge is 2.20. The van der Waals surface area contributed by atoms with Crippen molar-refractivity contribution in [2.45, 2.75) is 25.8 Å². The van der Waals surface area contributed by atoms with Gasteiger partial charge in [-0.05, 0) is 24.9 Å². The van der Waals surface area contributed by atoms with Crippen molar-refractivity contribution in [1.82, 2.24) is 5.32 Å². The number of rotatable bonds is 5. The van der Waals surface area contributed by atoms with E-state index in [0.29, 0.717) is 12.1 Å². The molecule has 1 aromatic rings. The molecule has 0 amide bonds. The van der Waals surface area contributed by atoms with Gasteiger partial charge in [0.25, 0.3) is 0 Å². The van der Waals surface area contributed by atoms with E-state index in [9.17, 15) is 10.2 Å². The molecule has 88 valence electrons. The van der Waals surface area contributed by atoms with Crippen molar-refractivity contribution in [3.63, 3.8) is 0 Å². The summed E-state index contributed by atoms with van der Waals surface area (Å²) in [6, 6.07) is 2.99. The second-order valence-corrected chi connectivity index (χ2v) is 4.35. The molecule has 1 aliphatic carbocycles. The van der Waals surface area contributed by atoms with Gasteiger partial charge in [0.05, 0.1) is 0 Å². The van der Waals surface area contributed by atoms with Gasteiger partial charge in [-0.2, -0.15) is 0 Å². The van der Waals surface area contributed by atoms with Crippen molar-refractivity contribution in [1.29, 1.82) is 0 Å². The average Bonchev–Trinajstić information content (AvgIpc) is 3.08. The fourth-order valence-corrected chi connectivity index (χ4v) is 1.69. The van der Waals surface area contributed by atoms with Gasteiger partial charge in [-0.1, -0.05) is 18.9 Å². The van der Waals surface area contributed by atoms with E-state index in [1.54, 1.807) is 6.07 Å². The molecule has 0 bridgehead atoms. The summed E-state index contributed by atoms with van der Waals surface area (Å²) in [5.74, 6) is -0.0889. The molecular formula is C12H17NO3. The Hall–Kier alpha value is -1.42. The molecular weight excluding hydrogens is 206 g/mol. The van der Waals surface area contributed by atoms with E-state index in [4.69, 9.17) is 5.11 Å². The van der Waals surface area contributed by atoms with E-state index in [1.807, 2.05) is 0 Å². The molecule has 0 radical (unpaired) electrons. The summed E-state index contributed by atoms with van der Waals surface area (Å²) >= 11 is 0. The van der Waals surface area contributed by atoms with Crippen molar-refractivity contribution in [2.24, 2.45) is 5.92 Å². The summed E-state index contributed by atoms with van der Waals surface area (Å²) in [5, 5.41) is 31.2. The minimum Gasteiger partial charge on any atom is -0.504 e. The zero-order valence-corrected chi connectivity index (χ0v) is 9.11. The first-order chi connectivity index (χ1) is 7.68.